The third-order valence-corrected chi connectivity index (χ3v) is 4.62. The fraction of sp³-hybridized carbons (Fsp3) is 0.250. The van der Waals surface area contributed by atoms with E-state index in [-0.39, 0.29) is 18.3 Å². The Morgan fingerprint density at radius 2 is 1.94 bits per heavy atom. The topological polar surface area (TPSA) is 78.8 Å². The molecule has 3 rings (SSSR count). The van der Waals surface area contributed by atoms with E-state index in [9.17, 15) is 9.50 Å². The first-order valence-corrected chi connectivity index (χ1v) is 10.2. The Labute approximate surface area is 181 Å². The van der Waals surface area contributed by atoms with Crippen molar-refractivity contribution in [2.45, 2.75) is 19.4 Å². The molecule has 1 aromatic heterocycles. The maximum Gasteiger partial charge on any atom is 0.224 e. The van der Waals surface area contributed by atoms with Crippen LogP contribution in [-0.2, 0) is 6.54 Å². The molecule has 162 valence electrons. The molecule has 0 radical (unpaired) electrons. The van der Waals surface area contributed by atoms with Crippen molar-refractivity contribution in [2.24, 2.45) is 4.99 Å². The molecular weight excluding hydrogens is 395 g/mol. The molecule has 0 aliphatic heterocycles. The van der Waals surface area contributed by atoms with Crippen LogP contribution < -0.4 is 15.4 Å². The van der Waals surface area contributed by atoms with E-state index in [2.05, 4.69) is 20.6 Å². The van der Waals surface area contributed by atoms with Gasteiger partial charge in [0.1, 0.15) is 11.6 Å². The van der Waals surface area contributed by atoms with E-state index in [0.29, 0.717) is 37.2 Å². The summed E-state index contributed by atoms with van der Waals surface area (Å²) in [6.07, 6.45) is 1.62. The number of halogens is 1. The Balaban J connectivity index is 1.69. The van der Waals surface area contributed by atoms with Crippen LogP contribution in [0.5, 0.6) is 11.6 Å². The molecule has 0 fully saturated rings. The highest BCUT2D eigenvalue weighted by molar-refractivity contribution is 5.79. The molecule has 2 aromatic carbocycles. The van der Waals surface area contributed by atoms with E-state index in [1.54, 1.807) is 24.4 Å². The summed E-state index contributed by atoms with van der Waals surface area (Å²) in [6.45, 7) is 3.57. The van der Waals surface area contributed by atoms with Gasteiger partial charge in [-0.3, -0.25) is 0 Å². The summed E-state index contributed by atoms with van der Waals surface area (Å²) in [5.74, 6) is 0.962. The number of aliphatic imine (C=N–C) groups is 1. The lowest BCUT2D eigenvalue weighted by Crippen LogP contribution is -2.39. The largest absolute Gasteiger partial charge is 0.439 e. The number of ether oxygens (including phenoxy) is 1. The van der Waals surface area contributed by atoms with E-state index >= 15 is 0 Å². The number of nitrogens with zero attached hydrogens (tertiary/aromatic N) is 2. The van der Waals surface area contributed by atoms with Crippen LogP contribution in [0, 0.1) is 5.82 Å². The Bertz CT molecular complexity index is 982. The molecule has 3 N–H and O–H groups in total. The van der Waals surface area contributed by atoms with E-state index in [1.807, 2.05) is 43.3 Å². The van der Waals surface area contributed by atoms with Crippen LogP contribution >= 0.6 is 0 Å². The molecule has 3 aromatic rings. The molecule has 6 nitrogen and oxygen atoms in total. The molecule has 0 spiro atoms. The van der Waals surface area contributed by atoms with Gasteiger partial charge in [-0.15, -0.1) is 0 Å². The van der Waals surface area contributed by atoms with Gasteiger partial charge in [0.2, 0.25) is 5.88 Å². The van der Waals surface area contributed by atoms with Crippen LogP contribution in [-0.4, -0.2) is 35.7 Å². The summed E-state index contributed by atoms with van der Waals surface area (Å²) >= 11 is 0. The summed E-state index contributed by atoms with van der Waals surface area (Å²) in [7, 11) is 0. The molecule has 0 amide bonds. The van der Waals surface area contributed by atoms with Crippen LogP contribution in [0.4, 0.5) is 4.39 Å². The van der Waals surface area contributed by atoms with Gasteiger partial charge in [-0.05, 0) is 30.7 Å². The first kappa shape index (κ1) is 22.2. The van der Waals surface area contributed by atoms with Gasteiger partial charge < -0.3 is 20.5 Å². The molecule has 1 atom stereocenters. The minimum Gasteiger partial charge on any atom is -0.439 e. The van der Waals surface area contributed by atoms with Gasteiger partial charge in [-0.2, -0.15) is 0 Å². The zero-order chi connectivity index (χ0) is 21.9. The zero-order valence-corrected chi connectivity index (χ0v) is 17.5. The third kappa shape index (κ3) is 6.79. The minimum absolute atomic E-state index is 0.0324. The number of nitrogens with one attached hydrogen (secondary N) is 2. The summed E-state index contributed by atoms with van der Waals surface area (Å²) in [4.78, 5) is 8.89. The van der Waals surface area contributed by atoms with Crippen LogP contribution in [0.3, 0.4) is 0 Å². The lowest BCUT2D eigenvalue weighted by atomic mass is 10.0. The van der Waals surface area contributed by atoms with Crippen LogP contribution in [0.15, 0.2) is 77.9 Å². The van der Waals surface area contributed by atoms with Gasteiger partial charge in [0.25, 0.3) is 0 Å². The molecule has 31 heavy (non-hydrogen) atoms. The monoisotopic (exact) mass is 422 g/mol. The number of aliphatic hydroxyl groups excluding tert-OH is 1. The summed E-state index contributed by atoms with van der Waals surface area (Å²) in [5, 5.41) is 16.3. The van der Waals surface area contributed by atoms with Crippen molar-refractivity contribution in [3.63, 3.8) is 0 Å². The van der Waals surface area contributed by atoms with E-state index in [4.69, 9.17) is 4.74 Å². The Hall–Kier alpha value is -3.45. The highest BCUT2D eigenvalue weighted by atomic mass is 19.1. The minimum atomic E-state index is -0.372. The molecule has 0 aliphatic rings. The van der Waals surface area contributed by atoms with Gasteiger partial charge in [0, 0.05) is 36.8 Å². The average molecular weight is 423 g/mol. The van der Waals surface area contributed by atoms with Crippen molar-refractivity contribution in [1.29, 1.82) is 0 Å². The maximum absolute atomic E-state index is 13.5. The van der Waals surface area contributed by atoms with E-state index < -0.39 is 0 Å². The van der Waals surface area contributed by atoms with Crippen molar-refractivity contribution in [3.05, 3.63) is 89.9 Å². The predicted octanol–water partition coefficient (Wildman–Crippen LogP) is 3.84. The molecule has 1 heterocycles. The van der Waals surface area contributed by atoms with Crippen molar-refractivity contribution >= 4 is 5.96 Å². The van der Waals surface area contributed by atoms with Gasteiger partial charge in [0.05, 0.1) is 13.2 Å². The Morgan fingerprint density at radius 1 is 1.10 bits per heavy atom. The van der Waals surface area contributed by atoms with Gasteiger partial charge >= 0.3 is 0 Å². The average Bonchev–Trinajstić information content (AvgIpc) is 2.79. The number of pyridine rings is 1. The lowest BCUT2D eigenvalue weighted by Gasteiger charge is -2.18. The SMILES string of the molecule is CCNC(=NCc1cccnc1Oc1cccc(F)c1)NCC(CO)c1ccccc1. The molecule has 0 aliphatic carbocycles. The predicted molar refractivity (Wildman–Crippen MR) is 120 cm³/mol. The number of guanidine groups is 1. The number of rotatable bonds is 9. The van der Waals surface area contributed by atoms with Gasteiger partial charge in [0.15, 0.2) is 5.96 Å². The van der Waals surface area contributed by atoms with Gasteiger partial charge in [-0.25, -0.2) is 14.4 Å². The normalized spacial score (nSPS) is 12.3. The Kier molecular flexibility index (Phi) is 8.37. The molecule has 0 saturated heterocycles. The highest BCUT2D eigenvalue weighted by Crippen LogP contribution is 2.24. The first-order chi connectivity index (χ1) is 15.2. The van der Waals surface area contributed by atoms with Crippen LogP contribution in [0.1, 0.15) is 24.0 Å². The van der Waals surface area contributed by atoms with E-state index in [0.717, 1.165) is 11.1 Å². The summed E-state index contributed by atoms with van der Waals surface area (Å²) < 4.78 is 19.2. The summed E-state index contributed by atoms with van der Waals surface area (Å²) in [5.41, 5.74) is 1.83. The number of aromatic nitrogens is 1. The highest BCUT2D eigenvalue weighted by Gasteiger charge is 2.11. The van der Waals surface area contributed by atoms with Crippen molar-refractivity contribution in [3.8, 4) is 11.6 Å². The second-order valence-corrected chi connectivity index (χ2v) is 6.89. The van der Waals surface area contributed by atoms with E-state index in [1.165, 1.54) is 12.1 Å². The first-order valence-electron chi connectivity index (χ1n) is 10.2. The third-order valence-electron chi connectivity index (χ3n) is 4.62. The summed E-state index contributed by atoms with van der Waals surface area (Å²) in [6, 6.07) is 19.5. The molecule has 7 heteroatoms. The number of aliphatic hydroxyl groups is 1. The molecule has 0 saturated carbocycles. The smallest absolute Gasteiger partial charge is 0.224 e. The quantitative estimate of drug-likeness (QED) is 0.361. The molecule has 0 bridgehead atoms. The van der Waals surface area contributed by atoms with Crippen molar-refractivity contribution < 1.29 is 14.2 Å². The number of hydrogen-bond donors (Lipinski definition) is 3. The zero-order valence-electron chi connectivity index (χ0n) is 17.5. The second kappa shape index (κ2) is 11.7. The lowest BCUT2D eigenvalue weighted by molar-refractivity contribution is 0.265. The molecular formula is C24H27FN4O2. The Morgan fingerprint density at radius 3 is 2.68 bits per heavy atom. The van der Waals surface area contributed by atoms with Crippen LogP contribution in [0.2, 0.25) is 0 Å². The maximum atomic E-state index is 13.5. The van der Waals surface area contributed by atoms with Crippen LogP contribution in [0.25, 0.3) is 0 Å². The van der Waals surface area contributed by atoms with Crippen molar-refractivity contribution in [1.82, 2.24) is 15.6 Å². The standard InChI is InChI=1S/C24H27FN4O2/c1-2-26-24(29-16-20(17-30)18-8-4-3-5-9-18)28-15-19-10-7-13-27-23(19)31-22-12-6-11-21(25)14-22/h3-14,20,30H,2,15-17H2,1H3,(H2,26,28,29). The number of hydrogen-bond acceptors (Lipinski definition) is 4. The fourth-order valence-corrected chi connectivity index (χ4v) is 3.02. The van der Waals surface area contributed by atoms with Gasteiger partial charge in [-0.1, -0.05) is 42.5 Å². The fourth-order valence-electron chi connectivity index (χ4n) is 3.02. The number of benzene rings is 2. The second-order valence-electron chi connectivity index (χ2n) is 6.89. The molecule has 1 unspecified atom stereocenters. The van der Waals surface area contributed by atoms with Crippen molar-refractivity contribution in [2.75, 3.05) is 19.7 Å².